The maximum absolute atomic E-state index is 11.7. The van der Waals surface area contributed by atoms with Crippen LogP contribution in [0.3, 0.4) is 0 Å². The van der Waals surface area contributed by atoms with Crippen LogP contribution in [0.1, 0.15) is 13.8 Å². The van der Waals surface area contributed by atoms with Crippen LogP contribution in [-0.2, 0) is 10.0 Å². The molecule has 7 heteroatoms. The standard InChI is InChI=1S/C16H22N2O4S/c1-11(2)18-9-12(19)10-22-15-7-8-16(23(17,20)21)14-6-4-3-5-13(14)15/h3-8,11-12,18-19H,9-10H2,1-2H3,(H2,17,20,21)/t12-/m1/s1. The van der Waals surface area contributed by atoms with E-state index in [1.807, 2.05) is 13.8 Å². The van der Waals surface area contributed by atoms with E-state index in [-0.39, 0.29) is 17.5 Å². The molecule has 0 aromatic heterocycles. The highest BCUT2D eigenvalue weighted by Gasteiger charge is 2.15. The highest BCUT2D eigenvalue weighted by Crippen LogP contribution is 2.30. The van der Waals surface area contributed by atoms with Gasteiger partial charge < -0.3 is 15.2 Å². The van der Waals surface area contributed by atoms with Crippen molar-refractivity contribution in [1.82, 2.24) is 5.32 Å². The molecule has 0 aliphatic rings. The number of aliphatic hydroxyl groups is 1. The normalized spacial score (nSPS) is 13.4. The minimum absolute atomic E-state index is 0.0578. The van der Waals surface area contributed by atoms with Crippen molar-refractivity contribution in [3.05, 3.63) is 36.4 Å². The van der Waals surface area contributed by atoms with Crippen molar-refractivity contribution in [3.63, 3.8) is 0 Å². The van der Waals surface area contributed by atoms with Crippen LogP contribution in [0.2, 0.25) is 0 Å². The zero-order chi connectivity index (χ0) is 17.0. The van der Waals surface area contributed by atoms with Gasteiger partial charge in [0.2, 0.25) is 10.0 Å². The maximum atomic E-state index is 11.7. The van der Waals surface area contributed by atoms with Crippen molar-refractivity contribution in [3.8, 4) is 5.75 Å². The lowest BCUT2D eigenvalue weighted by Crippen LogP contribution is -2.35. The zero-order valence-corrected chi connectivity index (χ0v) is 14.0. The summed E-state index contributed by atoms with van der Waals surface area (Å²) < 4.78 is 29.0. The molecule has 2 aromatic rings. The van der Waals surface area contributed by atoms with Crippen LogP contribution in [-0.4, -0.2) is 38.8 Å². The highest BCUT2D eigenvalue weighted by molar-refractivity contribution is 7.89. The molecule has 2 aromatic carbocycles. The van der Waals surface area contributed by atoms with E-state index in [1.165, 1.54) is 6.07 Å². The van der Waals surface area contributed by atoms with E-state index >= 15 is 0 Å². The quantitative estimate of drug-likeness (QED) is 0.705. The van der Waals surface area contributed by atoms with Crippen molar-refractivity contribution < 1.29 is 18.3 Å². The van der Waals surface area contributed by atoms with Gasteiger partial charge in [-0.05, 0) is 12.1 Å². The number of benzene rings is 2. The van der Waals surface area contributed by atoms with Gasteiger partial charge in [0.05, 0.1) is 4.90 Å². The number of fused-ring (bicyclic) bond motifs is 1. The van der Waals surface area contributed by atoms with E-state index in [9.17, 15) is 13.5 Å². The van der Waals surface area contributed by atoms with Crippen LogP contribution >= 0.6 is 0 Å². The Morgan fingerprint density at radius 2 is 1.83 bits per heavy atom. The second-order valence-electron chi connectivity index (χ2n) is 5.68. The Hall–Kier alpha value is -1.67. The number of ether oxygens (including phenoxy) is 1. The third-order valence-corrected chi connectivity index (χ3v) is 4.31. The van der Waals surface area contributed by atoms with Gasteiger partial charge in [0, 0.05) is 23.4 Å². The van der Waals surface area contributed by atoms with Crippen LogP contribution in [0.15, 0.2) is 41.3 Å². The summed E-state index contributed by atoms with van der Waals surface area (Å²) in [5.74, 6) is 0.511. The van der Waals surface area contributed by atoms with Crippen LogP contribution in [0.5, 0.6) is 5.75 Å². The fourth-order valence-corrected chi connectivity index (χ4v) is 2.98. The van der Waals surface area contributed by atoms with Crippen molar-refractivity contribution >= 4 is 20.8 Å². The molecule has 0 radical (unpaired) electrons. The summed E-state index contributed by atoms with van der Waals surface area (Å²) in [5.41, 5.74) is 0. The van der Waals surface area contributed by atoms with E-state index in [0.29, 0.717) is 23.1 Å². The van der Waals surface area contributed by atoms with Crippen molar-refractivity contribution in [2.24, 2.45) is 5.14 Å². The first-order chi connectivity index (χ1) is 10.8. The molecule has 6 nitrogen and oxygen atoms in total. The molecule has 4 N–H and O–H groups in total. The fraction of sp³-hybridized carbons (Fsp3) is 0.375. The summed E-state index contributed by atoms with van der Waals surface area (Å²) in [6.45, 7) is 4.52. The zero-order valence-electron chi connectivity index (χ0n) is 13.2. The minimum atomic E-state index is -3.81. The molecule has 0 aliphatic carbocycles. The molecule has 0 amide bonds. The van der Waals surface area contributed by atoms with Gasteiger partial charge in [-0.25, -0.2) is 13.6 Å². The minimum Gasteiger partial charge on any atom is -0.490 e. The summed E-state index contributed by atoms with van der Waals surface area (Å²) in [7, 11) is -3.81. The SMILES string of the molecule is CC(C)NC[C@@H](O)COc1ccc(S(N)(=O)=O)c2ccccc12. The van der Waals surface area contributed by atoms with Gasteiger partial charge in [-0.2, -0.15) is 0 Å². The molecule has 0 aliphatic heterocycles. The largest absolute Gasteiger partial charge is 0.490 e. The number of hydrogen-bond donors (Lipinski definition) is 3. The summed E-state index contributed by atoms with van der Waals surface area (Å²) in [6, 6.07) is 10.2. The van der Waals surface area contributed by atoms with Gasteiger partial charge in [-0.1, -0.05) is 38.1 Å². The molecule has 23 heavy (non-hydrogen) atoms. The van der Waals surface area contributed by atoms with Gasteiger partial charge >= 0.3 is 0 Å². The van der Waals surface area contributed by atoms with E-state index in [2.05, 4.69) is 5.32 Å². The maximum Gasteiger partial charge on any atom is 0.238 e. The van der Waals surface area contributed by atoms with Crippen LogP contribution < -0.4 is 15.2 Å². The fourth-order valence-electron chi connectivity index (χ4n) is 2.23. The van der Waals surface area contributed by atoms with Crippen LogP contribution in [0, 0.1) is 0 Å². The summed E-state index contributed by atoms with van der Waals surface area (Å²) in [6.07, 6.45) is -0.658. The smallest absolute Gasteiger partial charge is 0.238 e. The van der Waals surface area contributed by atoms with E-state index in [1.54, 1.807) is 30.3 Å². The molecular formula is C16H22N2O4S. The number of nitrogens with two attached hydrogens (primary N) is 1. The van der Waals surface area contributed by atoms with Gasteiger partial charge in [0.1, 0.15) is 18.5 Å². The summed E-state index contributed by atoms with van der Waals surface area (Å²) in [4.78, 5) is 0.0578. The monoisotopic (exact) mass is 338 g/mol. The Bertz CT molecular complexity index is 775. The van der Waals surface area contributed by atoms with Crippen molar-refractivity contribution in [2.75, 3.05) is 13.2 Å². The number of aliphatic hydroxyl groups excluding tert-OH is 1. The molecule has 0 fully saturated rings. The number of hydrogen-bond acceptors (Lipinski definition) is 5. The van der Waals surface area contributed by atoms with Gasteiger partial charge in [-0.3, -0.25) is 0 Å². The number of sulfonamides is 1. The molecule has 0 heterocycles. The predicted molar refractivity (Wildman–Crippen MR) is 90.0 cm³/mol. The van der Waals surface area contributed by atoms with Gasteiger partial charge in [0.15, 0.2) is 0 Å². The average molecular weight is 338 g/mol. The van der Waals surface area contributed by atoms with E-state index in [0.717, 1.165) is 0 Å². The van der Waals surface area contributed by atoms with Gasteiger partial charge in [-0.15, -0.1) is 0 Å². The van der Waals surface area contributed by atoms with Crippen molar-refractivity contribution in [2.45, 2.75) is 30.9 Å². The molecule has 126 valence electrons. The van der Waals surface area contributed by atoms with Crippen LogP contribution in [0.4, 0.5) is 0 Å². The van der Waals surface area contributed by atoms with E-state index in [4.69, 9.17) is 9.88 Å². The Kier molecular flexibility index (Phi) is 5.59. The molecular weight excluding hydrogens is 316 g/mol. The second-order valence-corrected chi connectivity index (χ2v) is 7.21. The first kappa shape index (κ1) is 17.7. The Morgan fingerprint density at radius 3 is 2.43 bits per heavy atom. The molecule has 0 spiro atoms. The van der Waals surface area contributed by atoms with Crippen LogP contribution in [0.25, 0.3) is 10.8 Å². The lowest BCUT2D eigenvalue weighted by Gasteiger charge is -2.16. The number of primary sulfonamides is 1. The Morgan fingerprint density at radius 1 is 1.17 bits per heavy atom. The van der Waals surface area contributed by atoms with Gasteiger partial charge in [0.25, 0.3) is 0 Å². The second kappa shape index (κ2) is 7.27. The molecule has 0 bridgehead atoms. The number of rotatable bonds is 7. The molecule has 0 saturated heterocycles. The molecule has 2 rings (SSSR count). The third kappa shape index (κ3) is 4.65. The lowest BCUT2D eigenvalue weighted by molar-refractivity contribution is 0.105. The predicted octanol–water partition coefficient (Wildman–Crippen LogP) is 1.22. The first-order valence-electron chi connectivity index (χ1n) is 7.38. The summed E-state index contributed by atoms with van der Waals surface area (Å²) >= 11 is 0. The Balaban J connectivity index is 2.23. The number of nitrogens with one attached hydrogen (secondary N) is 1. The first-order valence-corrected chi connectivity index (χ1v) is 8.92. The third-order valence-electron chi connectivity index (χ3n) is 3.34. The highest BCUT2D eigenvalue weighted by atomic mass is 32.2. The molecule has 1 atom stereocenters. The van der Waals surface area contributed by atoms with Crippen molar-refractivity contribution in [1.29, 1.82) is 0 Å². The molecule has 0 saturated carbocycles. The molecule has 0 unspecified atom stereocenters. The Labute approximate surface area is 136 Å². The average Bonchev–Trinajstić information content (AvgIpc) is 2.49. The lowest BCUT2D eigenvalue weighted by atomic mass is 10.1. The van der Waals surface area contributed by atoms with E-state index < -0.39 is 16.1 Å². The summed E-state index contributed by atoms with van der Waals surface area (Å²) in [5, 5.41) is 19.4. The topological polar surface area (TPSA) is 102 Å².